The summed E-state index contributed by atoms with van der Waals surface area (Å²) in [7, 11) is 0. The van der Waals surface area contributed by atoms with Crippen molar-refractivity contribution in [2.45, 2.75) is 38.1 Å². The summed E-state index contributed by atoms with van der Waals surface area (Å²) in [5, 5.41) is 10.1. The van der Waals surface area contributed by atoms with Gasteiger partial charge in [-0.05, 0) is 68.0 Å². The molecule has 0 bridgehead atoms. The van der Waals surface area contributed by atoms with Gasteiger partial charge in [0.05, 0.1) is 5.52 Å². The zero-order valence-corrected chi connectivity index (χ0v) is 15.9. The van der Waals surface area contributed by atoms with E-state index in [4.69, 9.17) is 4.98 Å². The van der Waals surface area contributed by atoms with Crippen LogP contribution in [0.25, 0.3) is 28.1 Å². The van der Waals surface area contributed by atoms with E-state index in [0.717, 1.165) is 29.2 Å². The quantitative estimate of drug-likeness (QED) is 0.534. The summed E-state index contributed by atoms with van der Waals surface area (Å²) in [6.07, 6.45) is 7.36. The van der Waals surface area contributed by atoms with Crippen LogP contribution in [0.3, 0.4) is 0 Å². The number of para-hydroxylation sites is 1. The highest BCUT2D eigenvalue weighted by Crippen LogP contribution is 2.42. The zero-order chi connectivity index (χ0) is 18.5. The number of benzene rings is 1. The lowest BCUT2D eigenvalue weighted by Crippen LogP contribution is -2.18. The molecule has 4 heterocycles. The number of fused-ring (bicyclic) bond motifs is 2. The molecule has 1 aliphatic heterocycles. The van der Waals surface area contributed by atoms with Crippen LogP contribution in [0.4, 0.5) is 0 Å². The van der Waals surface area contributed by atoms with Crippen LogP contribution in [0.15, 0.2) is 48.7 Å². The molecule has 0 spiro atoms. The number of likely N-dealkylation sites (tertiary alicyclic amines) is 1. The van der Waals surface area contributed by atoms with Crippen molar-refractivity contribution in [2.24, 2.45) is 0 Å². The summed E-state index contributed by atoms with van der Waals surface area (Å²) < 4.78 is 2.10. The molecule has 140 valence electrons. The number of hydrogen-bond donors (Lipinski definition) is 0. The summed E-state index contributed by atoms with van der Waals surface area (Å²) in [6, 6.07) is 15.0. The molecule has 2 fully saturated rings. The molecule has 0 atom stereocenters. The van der Waals surface area contributed by atoms with Gasteiger partial charge in [0, 0.05) is 18.1 Å². The molecule has 6 rings (SSSR count). The Kier molecular flexibility index (Phi) is 3.69. The molecule has 28 heavy (non-hydrogen) atoms. The lowest BCUT2D eigenvalue weighted by atomic mass is 10.1. The number of rotatable bonds is 4. The average molecular weight is 369 g/mol. The normalized spacial score (nSPS) is 17.7. The van der Waals surface area contributed by atoms with Crippen LogP contribution in [0.2, 0.25) is 0 Å². The maximum atomic E-state index is 5.03. The van der Waals surface area contributed by atoms with Crippen LogP contribution < -0.4 is 0 Å². The van der Waals surface area contributed by atoms with Gasteiger partial charge in [-0.15, -0.1) is 10.2 Å². The molecule has 5 nitrogen and oxygen atoms in total. The van der Waals surface area contributed by atoms with Gasteiger partial charge in [-0.25, -0.2) is 4.98 Å². The van der Waals surface area contributed by atoms with Crippen LogP contribution >= 0.6 is 0 Å². The Hall–Kier alpha value is -2.79. The average Bonchev–Trinajstić information content (AvgIpc) is 3.28. The van der Waals surface area contributed by atoms with Crippen molar-refractivity contribution in [3.8, 4) is 11.5 Å². The Morgan fingerprint density at radius 3 is 2.68 bits per heavy atom. The fourth-order valence-electron chi connectivity index (χ4n) is 4.42. The van der Waals surface area contributed by atoms with Gasteiger partial charge >= 0.3 is 0 Å². The minimum absolute atomic E-state index is 0.675. The molecule has 1 saturated carbocycles. The molecule has 0 amide bonds. The SMILES string of the molecule is c1cc(C2CC2)c2nc(-c3nnc4ccc(CN5CCCC5)cn34)ccc2c1. The van der Waals surface area contributed by atoms with E-state index in [2.05, 4.69) is 68.2 Å². The second kappa shape index (κ2) is 6.38. The van der Waals surface area contributed by atoms with Crippen molar-refractivity contribution in [3.63, 3.8) is 0 Å². The molecular weight excluding hydrogens is 346 g/mol. The summed E-state index contributed by atoms with van der Waals surface area (Å²) in [5.41, 5.74) is 5.56. The molecular formula is C23H23N5. The Morgan fingerprint density at radius 1 is 0.929 bits per heavy atom. The van der Waals surface area contributed by atoms with Gasteiger partial charge in [0.2, 0.25) is 0 Å². The topological polar surface area (TPSA) is 46.3 Å². The molecule has 3 aromatic heterocycles. The van der Waals surface area contributed by atoms with Gasteiger partial charge in [0.1, 0.15) is 5.69 Å². The third kappa shape index (κ3) is 2.78. The van der Waals surface area contributed by atoms with E-state index in [1.165, 1.54) is 55.3 Å². The largest absolute Gasteiger partial charge is 0.299 e. The Balaban J connectivity index is 1.44. The minimum Gasteiger partial charge on any atom is -0.299 e. The lowest BCUT2D eigenvalue weighted by molar-refractivity contribution is 0.331. The van der Waals surface area contributed by atoms with Crippen LogP contribution in [-0.2, 0) is 6.54 Å². The van der Waals surface area contributed by atoms with Crippen molar-refractivity contribution < 1.29 is 0 Å². The number of nitrogens with zero attached hydrogens (tertiary/aromatic N) is 5. The molecule has 4 aromatic rings. The van der Waals surface area contributed by atoms with Crippen molar-refractivity contribution in [1.29, 1.82) is 0 Å². The molecule has 5 heteroatoms. The van der Waals surface area contributed by atoms with Crippen molar-refractivity contribution in [3.05, 3.63) is 59.8 Å². The van der Waals surface area contributed by atoms with Gasteiger partial charge < -0.3 is 0 Å². The molecule has 1 aromatic carbocycles. The van der Waals surface area contributed by atoms with E-state index in [1.54, 1.807) is 0 Å². The van der Waals surface area contributed by atoms with Gasteiger partial charge in [0.25, 0.3) is 0 Å². The predicted octanol–water partition coefficient (Wildman–Crippen LogP) is 4.42. The van der Waals surface area contributed by atoms with E-state index in [1.807, 2.05) is 0 Å². The van der Waals surface area contributed by atoms with Crippen molar-refractivity contribution >= 4 is 16.6 Å². The highest BCUT2D eigenvalue weighted by molar-refractivity contribution is 5.84. The third-order valence-corrected chi connectivity index (χ3v) is 6.07. The number of hydrogen-bond acceptors (Lipinski definition) is 4. The molecule has 2 aliphatic rings. The minimum atomic E-state index is 0.675. The van der Waals surface area contributed by atoms with Gasteiger partial charge in [-0.1, -0.05) is 30.3 Å². The molecule has 1 saturated heterocycles. The monoisotopic (exact) mass is 369 g/mol. The van der Waals surface area contributed by atoms with E-state index < -0.39 is 0 Å². The second-order valence-corrected chi connectivity index (χ2v) is 8.16. The maximum Gasteiger partial charge on any atom is 0.187 e. The second-order valence-electron chi connectivity index (χ2n) is 8.16. The van der Waals surface area contributed by atoms with Crippen molar-refractivity contribution in [1.82, 2.24) is 24.5 Å². The number of aromatic nitrogens is 4. The fourth-order valence-corrected chi connectivity index (χ4v) is 4.42. The predicted molar refractivity (Wildman–Crippen MR) is 110 cm³/mol. The molecule has 0 N–H and O–H groups in total. The lowest BCUT2D eigenvalue weighted by Gasteiger charge is -2.14. The fraction of sp³-hybridized carbons (Fsp3) is 0.348. The van der Waals surface area contributed by atoms with Crippen molar-refractivity contribution in [2.75, 3.05) is 13.1 Å². The first-order valence-electron chi connectivity index (χ1n) is 10.3. The first-order valence-corrected chi connectivity index (χ1v) is 10.3. The van der Waals surface area contributed by atoms with Gasteiger partial charge in [0.15, 0.2) is 11.5 Å². The van der Waals surface area contributed by atoms with Crippen LogP contribution in [0.1, 0.15) is 42.7 Å². The van der Waals surface area contributed by atoms with Gasteiger partial charge in [-0.3, -0.25) is 9.30 Å². The summed E-state index contributed by atoms with van der Waals surface area (Å²) in [6.45, 7) is 3.39. The first kappa shape index (κ1) is 16.2. The highest BCUT2D eigenvalue weighted by Gasteiger charge is 2.26. The standard InChI is InChI=1S/C23H23N5/c1-2-13-27(12-1)14-16-6-11-21-25-26-23(28(21)15-16)20-10-9-18-4-3-5-19(17-7-8-17)22(18)24-20/h3-6,9-11,15,17H,1-2,7-8,12-14H2. The first-order chi connectivity index (χ1) is 13.8. The van der Waals surface area contributed by atoms with Crippen LogP contribution in [-0.4, -0.2) is 37.6 Å². The Morgan fingerprint density at radius 2 is 1.82 bits per heavy atom. The van der Waals surface area contributed by atoms with Crippen LogP contribution in [0, 0.1) is 0 Å². The van der Waals surface area contributed by atoms with E-state index in [0.29, 0.717) is 5.92 Å². The third-order valence-electron chi connectivity index (χ3n) is 6.07. The highest BCUT2D eigenvalue weighted by atomic mass is 15.3. The summed E-state index contributed by atoms with van der Waals surface area (Å²) in [4.78, 5) is 7.54. The summed E-state index contributed by atoms with van der Waals surface area (Å²) >= 11 is 0. The zero-order valence-electron chi connectivity index (χ0n) is 15.9. The smallest absolute Gasteiger partial charge is 0.187 e. The van der Waals surface area contributed by atoms with E-state index >= 15 is 0 Å². The Bertz CT molecular complexity index is 1170. The van der Waals surface area contributed by atoms with E-state index in [9.17, 15) is 0 Å². The van der Waals surface area contributed by atoms with E-state index in [-0.39, 0.29) is 0 Å². The molecule has 0 radical (unpaired) electrons. The summed E-state index contributed by atoms with van der Waals surface area (Å²) in [5.74, 6) is 1.50. The van der Waals surface area contributed by atoms with Crippen LogP contribution in [0.5, 0.6) is 0 Å². The van der Waals surface area contributed by atoms with Gasteiger partial charge in [-0.2, -0.15) is 0 Å². The maximum absolute atomic E-state index is 5.03. The Labute approximate surface area is 164 Å². The molecule has 0 unspecified atom stereocenters. The molecule has 1 aliphatic carbocycles. The number of pyridine rings is 2.